The molecule has 1 saturated heterocycles. The van der Waals surface area contributed by atoms with E-state index in [2.05, 4.69) is 4.90 Å². The molecule has 5 heteroatoms. The van der Waals surface area contributed by atoms with Crippen molar-refractivity contribution in [3.63, 3.8) is 0 Å². The number of nitrogens with zero attached hydrogens (tertiary/aromatic N) is 2. The van der Waals surface area contributed by atoms with Gasteiger partial charge < -0.3 is 5.11 Å². The minimum Gasteiger partial charge on any atom is -0.396 e. The van der Waals surface area contributed by atoms with Gasteiger partial charge in [0.2, 0.25) is 0 Å². The lowest BCUT2D eigenvalue weighted by atomic mass is 9.98. The largest absolute Gasteiger partial charge is 0.396 e. The van der Waals surface area contributed by atoms with Crippen LogP contribution in [0.3, 0.4) is 0 Å². The normalized spacial score (nSPS) is 20.8. The van der Waals surface area contributed by atoms with Gasteiger partial charge in [-0.15, -0.1) is 0 Å². The number of rotatable bonds is 4. The smallest absolute Gasteiger partial charge is 0.273 e. The van der Waals surface area contributed by atoms with Gasteiger partial charge in [-0.2, -0.15) is 0 Å². The molecule has 1 atom stereocenters. The Morgan fingerprint density at radius 3 is 2.94 bits per heavy atom. The van der Waals surface area contributed by atoms with Crippen LogP contribution in [0, 0.1) is 16.0 Å². The third-order valence-corrected chi connectivity index (χ3v) is 3.44. The number of likely N-dealkylation sites (tertiary alicyclic amines) is 1. The van der Waals surface area contributed by atoms with Crippen LogP contribution in [0.2, 0.25) is 0 Å². The van der Waals surface area contributed by atoms with Gasteiger partial charge >= 0.3 is 0 Å². The number of aliphatic hydroxyl groups excluding tert-OH is 1. The molecule has 1 N–H and O–H groups in total. The fourth-order valence-corrected chi connectivity index (χ4v) is 2.51. The lowest BCUT2D eigenvalue weighted by Crippen LogP contribution is -2.36. The lowest BCUT2D eigenvalue weighted by molar-refractivity contribution is -0.385. The molecule has 5 nitrogen and oxygen atoms in total. The van der Waals surface area contributed by atoms with Crippen molar-refractivity contribution in [1.82, 2.24) is 4.90 Å². The van der Waals surface area contributed by atoms with Crippen LogP contribution in [0.25, 0.3) is 0 Å². The van der Waals surface area contributed by atoms with E-state index in [-0.39, 0.29) is 17.2 Å². The molecule has 0 saturated carbocycles. The SMILES string of the molecule is O=[N+]([O-])c1ccccc1CN1CCCC(CO)C1. The zero-order valence-electron chi connectivity index (χ0n) is 10.3. The summed E-state index contributed by atoms with van der Waals surface area (Å²) in [5, 5.41) is 20.1. The molecule has 1 aromatic carbocycles. The average Bonchev–Trinajstić information content (AvgIpc) is 2.39. The van der Waals surface area contributed by atoms with Crippen LogP contribution in [0.5, 0.6) is 0 Å². The van der Waals surface area contributed by atoms with E-state index < -0.39 is 0 Å². The molecule has 0 aromatic heterocycles. The molecule has 18 heavy (non-hydrogen) atoms. The first kappa shape index (κ1) is 13.0. The van der Waals surface area contributed by atoms with Gasteiger partial charge in [0.25, 0.3) is 5.69 Å². The zero-order valence-corrected chi connectivity index (χ0v) is 10.3. The second-order valence-electron chi connectivity index (χ2n) is 4.81. The number of benzene rings is 1. The Hall–Kier alpha value is -1.46. The van der Waals surface area contributed by atoms with Gasteiger partial charge in [0.05, 0.1) is 4.92 Å². The third kappa shape index (κ3) is 3.05. The van der Waals surface area contributed by atoms with E-state index in [0.717, 1.165) is 31.5 Å². The van der Waals surface area contributed by atoms with Gasteiger partial charge in [0, 0.05) is 31.3 Å². The van der Waals surface area contributed by atoms with Crippen LogP contribution < -0.4 is 0 Å². The van der Waals surface area contributed by atoms with Gasteiger partial charge in [-0.25, -0.2) is 0 Å². The van der Waals surface area contributed by atoms with E-state index >= 15 is 0 Å². The fraction of sp³-hybridized carbons (Fsp3) is 0.538. The monoisotopic (exact) mass is 250 g/mol. The zero-order chi connectivity index (χ0) is 13.0. The first-order valence-corrected chi connectivity index (χ1v) is 6.26. The Labute approximate surface area is 106 Å². The quantitative estimate of drug-likeness (QED) is 0.653. The maximum atomic E-state index is 10.9. The molecular formula is C13H18N2O3. The average molecular weight is 250 g/mol. The lowest BCUT2D eigenvalue weighted by Gasteiger charge is -2.31. The third-order valence-electron chi connectivity index (χ3n) is 3.44. The number of para-hydroxylation sites is 1. The standard InChI is InChI=1S/C13H18N2O3/c16-10-11-4-3-7-14(8-11)9-12-5-1-2-6-13(12)15(17)18/h1-2,5-6,11,16H,3-4,7-10H2. The highest BCUT2D eigenvalue weighted by Crippen LogP contribution is 2.23. The van der Waals surface area contributed by atoms with Crippen molar-refractivity contribution in [2.45, 2.75) is 19.4 Å². The molecule has 0 spiro atoms. The van der Waals surface area contributed by atoms with Crippen molar-refractivity contribution < 1.29 is 10.0 Å². The summed E-state index contributed by atoms with van der Waals surface area (Å²) in [6.07, 6.45) is 2.09. The topological polar surface area (TPSA) is 66.6 Å². The maximum absolute atomic E-state index is 10.9. The van der Waals surface area contributed by atoms with Gasteiger partial charge in [-0.3, -0.25) is 15.0 Å². The number of nitro benzene ring substituents is 1. The Morgan fingerprint density at radius 2 is 2.22 bits per heavy atom. The molecule has 98 valence electrons. The van der Waals surface area contributed by atoms with E-state index in [4.69, 9.17) is 0 Å². The molecule has 1 fully saturated rings. The molecule has 2 rings (SSSR count). The Bertz CT molecular complexity index is 422. The molecule has 0 bridgehead atoms. The molecule has 0 aliphatic carbocycles. The maximum Gasteiger partial charge on any atom is 0.273 e. The van der Waals surface area contributed by atoms with Crippen LogP contribution in [0.4, 0.5) is 5.69 Å². The second kappa shape index (κ2) is 5.93. The predicted molar refractivity (Wildman–Crippen MR) is 68.2 cm³/mol. The highest BCUT2D eigenvalue weighted by molar-refractivity contribution is 5.39. The van der Waals surface area contributed by atoms with Crippen LogP contribution in [0.1, 0.15) is 18.4 Å². The molecule has 0 amide bonds. The molecular weight excluding hydrogens is 232 g/mol. The predicted octanol–water partition coefficient (Wildman–Crippen LogP) is 1.80. The number of hydrogen-bond acceptors (Lipinski definition) is 4. The summed E-state index contributed by atoms with van der Waals surface area (Å²) in [4.78, 5) is 12.8. The summed E-state index contributed by atoms with van der Waals surface area (Å²) < 4.78 is 0. The van der Waals surface area contributed by atoms with Crippen molar-refractivity contribution in [3.05, 3.63) is 39.9 Å². The number of nitro groups is 1. The Morgan fingerprint density at radius 1 is 1.44 bits per heavy atom. The minimum absolute atomic E-state index is 0.184. The highest BCUT2D eigenvalue weighted by Gasteiger charge is 2.21. The van der Waals surface area contributed by atoms with Crippen molar-refractivity contribution in [2.75, 3.05) is 19.7 Å². The molecule has 1 aromatic rings. The van der Waals surface area contributed by atoms with Crippen molar-refractivity contribution in [1.29, 1.82) is 0 Å². The van der Waals surface area contributed by atoms with Crippen molar-refractivity contribution in [2.24, 2.45) is 5.92 Å². The summed E-state index contributed by atoms with van der Waals surface area (Å²) >= 11 is 0. The fourth-order valence-electron chi connectivity index (χ4n) is 2.51. The molecule has 1 aliphatic rings. The van der Waals surface area contributed by atoms with Crippen LogP contribution in [-0.4, -0.2) is 34.6 Å². The molecule has 1 aliphatic heterocycles. The summed E-state index contributed by atoms with van der Waals surface area (Å²) in [5.41, 5.74) is 0.935. The summed E-state index contributed by atoms with van der Waals surface area (Å²) in [5.74, 6) is 0.307. The van der Waals surface area contributed by atoms with Gasteiger partial charge in [0.1, 0.15) is 0 Å². The van der Waals surface area contributed by atoms with Gasteiger partial charge in [-0.1, -0.05) is 18.2 Å². The Kier molecular flexibility index (Phi) is 4.28. The van der Waals surface area contributed by atoms with E-state index in [9.17, 15) is 15.2 Å². The van der Waals surface area contributed by atoms with Crippen molar-refractivity contribution >= 4 is 5.69 Å². The number of hydrogen-bond donors (Lipinski definition) is 1. The second-order valence-corrected chi connectivity index (χ2v) is 4.81. The summed E-state index contributed by atoms with van der Waals surface area (Å²) in [6.45, 7) is 2.56. The number of piperidine rings is 1. The summed E-state index contributed by atoms with van der Waals surface area (Å²) in [7, 11) is 0. The van der Waals surface area contributed by atoms with Crippen LogP contribution in [-0.2, 0) is 6.54 Å². The highest BCUT2D eigenvalue weighted by atomic mass is 16.6. The number of aliphatic hydroxyl groups is 1. The van der Waals surface area contributed by atoms with E-state index in [1.807, 2.05) is 6.07 Å². The Balaban J connectivity index is 2.07. The van der Waals surface area contributed by atoms with Crippen molar-refractivity contribution in [3.8, 4) is 0 Å². The van der Waals surface area contributed by atoms with E-state index in [1.165, 1.54) is 0 Å². The molecule has 1 heterocycles. The first-order chi connectivity index (χ1) is 8.70. The summed E-state index contributed by atoms with van der Waals surface area (Å²) in [6, 6.07) is 6.87. The van der Waals surface area contributed by atoms with E-state index in [1.54, 1.807) is 18.2 Å². The molecule has 0 radical (unpaired) electrons. The molecule has 1 unspecified atom stereocenters. The minimum atomic E-state index is -0.331. The first-order valence-electron chi connectivity index (χ1n) is 6.26. The van der Waals surface area contributed by atoms with E-state index in [0.29, 0.717) is 12.5 Å². The van der Waals surface area contributed by atoms with Gasteiger partial charge in [-0.05, 0) is 25.3 Å². The van der Waals surface area contributed by atoms with Crippen LogP contribution >= 0.6 is 0 Å². The van der Waals surface area contributed by atoms with Gasteiger partial charge in [0.15, 0.2) is 0 Å². The van der Waals surface area contributed by atoms with Crippen LogP contribution in [0.15, 0.2) is 24.3 Å².